The Balaban J connectivity index is 3.31. The van der Waals surface area contributed by atoms with Gasteiger partial charge in [0.25, 0.3) is 0 Å². The van der Waals surface area contributed by atoms with Crippen molar-refractivity contribution in [3.05, 3.63) is 39.7 Å². The van der Waals surface area contributed by atoms with Crippen LogP contribution in [0.1, 0.15) is 0 Å². The lowest BCUT2D eigenvalue weighted by Gasteiger charge is -1.94. The van der Waals surface area contributed by atoms with Crippen LogP contribution in [-0.2, 0) is 0 Å². The second kappa shape index (κ2) is 2.92. The van der Waals surface area contributed by atoms with E-state index in [0.29, 0.717) is 15.7 Å². The first-order valence-electron chi connectivity index (χ1n) is 2.57. The van der Waals surface area contributed by atoms with E-state index in [9.17, 15) is 0 Å². The van der Waals surface area contributed by atoms with Crippen LogP contribution in [0.3, 0.4) is 0 Å². The largest absolute Gasteiger partial charge is 0.237 e. The predicted molar refractivity (Wildman–Crippen MR) is 42.7 cm³/mol. The van der Waals surface area contributed by atoms with Gasteiger partial charge in [-0.25, -0.2) is 4.85 Å². The van der Waals surface area contributed by atoms with Crippen molar-refractivity contribution in [2.24, 2.45) is 0 Å². The number of benzene rings is 1. The number of nitrogens with zero attached hydrogens (tertiary/aromatic N) is 1. The van der Waals surface area contributed by atoms with E-state index in [1.54, 1.807) is 18.2 Å². The molecule has 0 radical (unpaired) electrons. The molecule has 1 aromatic carbocycles. The van der Waals surface area contributed by atoms with Gasteiger partial charge in [0, 0.05) is 5.02 Å². The topological polar surface area (TPSA) is 4.36 Å². The van der Waals surface area contributed by atoms with E-state index in [0.717, 1.165) is 0 Å². The SMILES string of the molecule is [C-]#[N+]c1cccc(Cl)c1Cl. The highest BCUT2D eigenvalue weighted by atomic mass is 35.5. The summed E-state index contributed by atoms with van der Waals surface area (Å²) < 4.78 is 0. The first kappa shape index (κ1) is 7.40. The van der Waals surface area contributed by atoms with Crippen molar-refractivity contribution in [3.8, 4) is 0 Å². The number of hydrogen-bond acceptors (Lipinski definition) is 0. The average molecular weight is 172 g/mol. The van der Waals surface area contributed by atoms with Crippen molar-refractivity contribution < 1.29 is 0 Å². The molecule has 0 unspecified atom stereocenters. The van der Waals surface area contributed by atoms with Crippen LogP contribution in [-0.4, -0.2) is 0 Å². The van der Waals surface area contributed by atoms with E-state index in [2.05, 4.69) is 4.85 Å². The summed E-state index contributed by atoms with van der Waals surface area (Å²) in [6, 6.07) is 4.97. The van der Waals surface area contributed by atoms with Gasteiger partial charge in [0.2, 0.25) is 5.69 Å². The van der Waals surface area contributed by atoms with E-state index in [-0.39, 0.29) is 0 Å². The summed E-state index contributed by atoms with van der Waals surface area (Å²) in [4.78, 5) is 3.16. The Morgan fingerprint density at radius 1 is 1.30 bits per heavy atom. The van der Waals surface area contributed by atoms with E-state index >= 15 is 0 Å². The van der Waals surface area contributed by atoms with Crippen molar-refractivity contribution in [2.45, 2.75) is 0 Å². The van der Waals surface area contributed by atoms with Gasteiger partial charge in [-0.3, -0.25) is 0 Å². The number of rotatable bonds is 0. The molecule has 0 saturated carbocycles. The first-order valence-corrected chi connectivity index (χ1v) is 3.33. The second-order valence-electron chi connectivity index (χ2n) is 1.68. The molecule has 3 heteroatoms. The summed E-state index contributed by atoms with van der Waals surface area (Å²) in [6.45, 7) is 6.66. The molecule has 0 atom stereocenters. The minimum atomic E-state index is 0.333. The Labute approximate surface area is 69.0 Å². The Morgan fingerprint density at radius 3 is 2.50 bits per heavy atom. The monoisotopic (exact) mass is 171 g/mol. The molecule has 0 aliphatic rings. The fraction of sp³-hybridized carbons (Fsp3) is 0. The minimum absolute atomic E-state index is 0.333. The summed E-state index contributed by atoms with van der Waals surface area (Å²) in [5.41, 5.74) is 0.397. The molecule has 0 amide bonds. The molecule has 1 nitrogen and oxygen atoms in total. The molecule has 0 aliphatic carbocycles. The maximum absolute atomic E-state index is 6.66. The lowest BCUT2D eigenvalue weighted by Crippen LogP contribution is -1.66. The third-order valence-corrected chi connectivity index (χ3v) is 1.86. The quantitative estimate of drug-likeness (QED) is 0.527. The molecule has 0 heterocycles. The highest BCUT2D eigenvalue weighted by Crippen LogP contribution is 2.31. The first-order chi connectivity index (χ1) is 4.75. The molecule has 0 spiro atoms. The van der Waals surface area contributed by atoms with Gasteiger partial charge in [-0.1, -0.05) is 35.3 Å². The molecule has 10 heavy (non-hydrogen) atoms. The zero-order valence-corrected chi connectivity index (χ0v) is 6.45. The Kier molecular flexibility index (Phi) is 2.16. The zero-order valence-electron chi connectivity index (χ0n) is 4.94. The molecule has 0 fully saturated rings. The van der Waals surface area contributed by atoms with E-state index in [1.165, 1.54) is 0 Å². The van der Waals surface area contributed by atoms with Crippen molar-refractivity contribution in [1.29, 1.82) is 0 Å². The summed E-state index contributed by atoms with van der Waals surface area (Å²) in [6.07, 6.45) is 0. The maximum atomic E-state index is 6.66. The van der Waals surface area contributed by atoms with E-state index in [4.69, 9.17) is 29.8 Å². The van der Waals surface area contributed by atoms with Gasteiger partial charge in [-0.15, -0.1) is 0 Å². The molecule has 50 valence electrons. The third-order valence-electron chi connectivity index (χ3n) is 1.05. The van der Waals surface area contributed by atoms with Crippen molar-refractivity contribution in [1.82, 2.24) is 0 Å². The summed E-state index contributed by atoms with van der Waals surface area (Å²) in [7, 11) is 0. The van der Waals surface area contributed by atoms with Gasteiger partial charge < -0.3 is 0 Å². The number of halogens is 2. The summed E-state index contributed by atoms with van der Waals surface area (Å²) >= 11 is 11.3. The second-order valence-corrected chi connectivity index (χ2v) is 2.47. The minimum Gasteiger partial charge on any atom is -0.237 e. The highest BCUT2D eigenvalue weighted by molar-refractivity contribution is 6.43. The van der Waals surface area contributed by atoms with Gasteiger partial charge >= 0.3 is 0 Å². The zero-order chi connectivity index (χ0) is 7.56. The normalized spacial score (nSPS) is 8.90. The summed E-state index contributed by atoms with van der Waals surface area (Å²) in [5.74, 6) is 0. The molecule has 0 aliphatic heterocycles. The molecular formula is C7H3Cl2N. The van der Waals surface area contributed by atoms with Crippen molar-refractivity contribution >= 4 is 28.9 Å². The van der Waals surface area contributed by atoms with E-state index in [1.807, 2.05) is 0 Å². The van der Waals surface area contributed by atoms with Gasteiger partial charge in [0.05, 0.1) is 11.6 Å². The van der Waals surface area contributed by atoms with Crippen LogP contribution in [0.25, 0.3) is 4.85 Å². The summed E-state index contributed by atoms with van der Waals surface area (Å²) in [5, 5.41) is 0.759. The lowest BCUT2D eigenvalue weighted by atomic mass is 10.3. The molecule has 1 aromatic rings. The number of hydrogen-bond donors (Lipinski definition) is 0. The van der Waals surface area contributed by atoms with Crippen LogP contribution in [0.4, 0.5) is 5.69 Å². The standard InChI is InChI=1S/C7H3Cl2N/c1-10-6-4-2-3-5(8)7(6)9/h2-4H. The maximum Gasteiger partial charge on any atom is 0.206 e. The Hall–Kier alpha value is -0.710. The fourth-order valence-corrected chi connectivity index (χ4v) is 0.917. The molecular weight excluding hydrogens is 169 g/mol. The van der Waals surface area contributed by atoms with Gasteiger partial charge in [-0.05, 0) is 6.07 Å². The van der Waals surface area contributed by atoms with Crippen LogP contribution in [0.5, 0.6) is 0 Å². The third kappa shape index (κ3) is 1.23. The molecule has 0 bridgehead atoms. The molecule has 0 N–H and O–H groups in total. The Bertz CT molecular complexity index is 288. The molecule has 0 aromatic heterocycles. The van der Waals surface area contributed by atoms with Crippen molar-refractivity contribution in [2.75, 3.05) is 0 Å². The lowest BCUT2D eigenvalue weighted by molar-refractivity contribution is 1.71. The van der Waals surface area contributed by atoms with Gasteiger partial charge in [0.1, 0.15) is 0 Å². The highest BCUT2D eigenvalue weighted by Gasteiger charge is 2.01. The van der Waals surface area contributed by atoms with Crippen LogP contribution in [0, 0.1) is 6.57 Å². The molecule has 0 saturated heterocycles. The van der Waals surface area contributed by atoms with Crippen molar-refractivity contribution in [3.63, 3.8) is 0 Å². The van der Waals surface area contributed by atoms with Gasteiger partial charge in [0.15, 0.2) is 0 Å². The van der Waals surface area contributed by atoms with Crippen LogP contribution in [0.15, 0.2) is 18.2 Å². The fourth-order valence-electron chi connectivity index (χ4n) is 0.579. The smallest absolute Gasteiger partial charge is 0.206 e. The van der Waals surface area contributed by atoms with E-state index < -0.39 is 0 Å². The molecule has 1 rings (SSSR count). The van der Waals surface area contributed by atoms with Gasteiger partial charge in [-0.2, -0.15) is 0 Å². The Morgan fingerprint density at radius 2 is 2.00 bits per heavy atom. The van der Waals surface area contributed by atoms with Crippen LogP contribution >= 0.6 is 23.2 Å². The predicted octanol–water partition coefficient (Wildman–Crippen LogP) is 3.54. The average Bonchev–Trinajstić information content (AvgIpc) is 1.95. The van der Waals surface area contributed by atoms with Crippen LogP contribution in [0.2, 0.25) is 10.0 Å². The van der Waals surface area contributed by atoms with Crippen LogP contribution < -0.4 is 0 Å².